The maximum atomic E-state index is 12.1. The second-order valence-electron chi connectivity index (χ2n) is 7.84. The van der Waals surface area contributed by atoms with Gasteiger partial charge in [-0.05, 0) is 44.7 Å². The number of carbonyl (C=O) groups excluding carboxylic acids is 1. The summed E-state index contributed by atoms with van der Waals surface area (Å²) in [5.74, 6) is 0.895. The van der Waals surface area contributed by atoms with Crippen molar-refractivity contribution in [2.75, 3.05) is 33.3 Å². The molecule has 0 aromatic carbocycles. The van der Waals surface area contributed by atoms with E-state index in [0.717, 1.165) is 51.0 Å². The molecule has 1 N–H and O–H groups in total. The lowest BCUT2D eigenvalue weighted by Gasteiger charge is -2.47. The van der Waals surface area contributed by atoms with E-state index in [9.17, 15) is 9.90 Å². The van der Waals surface area contributed by atoms with Gasteiger partial charge in [0.25, 0.3) is 0 Å². The van der Waals surface area contributed by atoms with E-state index >= 15 is 0 Å². The molecular formula is C19H30N4O3. The van der Waals surface area contributed by atoms with Gasteiger partial charge in [0.15, 0.2) is 5.82 Å². The van der Waals surface area contributed by atoms with Crippen LogP contribution in [-0.4, -0.2) is 70.2 Å². The van der Waals surface area contributed by atoms with Crippen LogP contribution in [0.3, 0.4) is 0 Å². The van der Waals surface area contributed by atoms with E-state index < -0.39 is 6.10 Å². The van der Waals surface area contributed by atoms with Crippen LogP contribution in [0.4, 0.5) is 0 Å². The van der Waals surface area contributed by atoms with Crippen molar-refractivity contribution < 1.29 is 14.6 Å². The highest BCUT2D eigenvalue weighted by molar-refractivity contribution is 5.77. The van der Waals surface area contributed by atoms with Crippen LogP contribution in [0.2, 0.25) is 0 Å². The van der Waals surface area contributed by atoms with E-state index in [0.29, 0.717) is 25.4 Å². The topological polar surface area (TPSA) is 78.8 Å². The normalized spacial score (nSPS) is 22.0. The number of aliphatic hydroxyl groups is 1. The zero-order chi connectivity index (χ0) is 18.6. The quantitative estimate of drug-likeness (QED) is 0.819. The molecule has 0 saturated carbocycles. The summed E-state index contributed by atoms with van der Waals surface area (Å²) < 4.78 is 5.04. The lowest BCUT2D eigenvalue weighted by atomic mass is 9.72. The van der Waals surface area contributed by atoms with Crippen molar-refractivity contribution in [1.29, 1.82) is 0 Å². The Balaban J connectivity index is 1.52. The van der Waals surface area contributed by atoms with Crippen LogP contribution in [0.5, 0.6) is 0 Å². The van der Waals surface area contributed by atoms with Gasteiger partial charge in [-0.1, -0.05) is 0 Å². The van der Waals surface area contributed by atoms with Gasteiger partial charge in [0, 0.05) is 51.1 Å². The van der Waals surface area contributed by atoms with Gasteiger partial charge in [-0.15, -0.1) is 0 Å². The molecule has 1 aromatic heterocycles. The standard InChI is InChI=1S/C19H30N4O3/c1-15(24)11-23-14-19(4-3-18(23)25)5-7-22(8-6-19)12-16-9-20-17(13-26-2)21-10-16/h9-10,15,24H,3-8,11-14H2,1-2H3. The first kappa shape index (κ1) is 19.2. The number of likely N-dealkylation sites (tertiary alicyclic amines) is 2. The van der Waals surface area contributed by atoms with Gasteiger partial charge in [0.2, 0.25) is 5.91 Å². The Morgan fingerprint density at radius 2 is 1.96 bits per heavy atom. The second-order valence-corrected chi connectivity index (χ2v) is 7.84. The Kier molecular flexibility index (Phi) is 6.21. The summed E-state index contributed by atoms with van der Waals surface area (Å²) in [5, 5.41) is 9.65. The van der Waals surface area contributed by atoms with Crippen LogP contribution in [0.1, 0.15) is 44.0 Å². The van der Waals surface area contributed by atoms with Crippen LogP contribution >= 0.6 is 0 Å². The molecule has 1 atom stereocenters. The van der Waals surface area contributed by atoms with Gasteiger partial charge in [0.1, 0.15) is 6.61 Å². The van der Waals surface area contributed by atoms with Gasteiger partial charge >= 0.3 is 0 Å². The molecule has 1 amide bonds. The van der Waals surface area contributed by atoms with Crippen molar-refractivity contribution in [2.45, 2.75) is 51.9 Å². The molecule has 144 valence electrons. The lowest BCUT2D eigenvalue weighted by Crippen LogP contribution is -2.52. The zero-order valence-corrected chi connectivity index (χ0v) is 15.9. The van der Waals surface area contributed by atoms with Crippen molar-refractivity contribution in [3.63, 3.8) is 0 Å². The summed E-state index contributed by atoms with van der Waals surface area (Å²) >= 11 is 0. The maximum Gasteiger partial charge on any atom is 0.222 e. The van der Waals surface area contributed by atoms with Crippen LogP contribution in [-0.2, 0) is 22.7 Å². The number of nitrogens with zero attached hydrogens (tertiary/aromatic N) is 4. The summed E-state index contributed by atoms with van der Waals surface area (Å²) in [6.07, 6.45) is 7.09. The fourth-order valence-corrected chi connectivity index (χ4v) is 4.11. The van der Waals surface area contributed by atoms with Crippen molar-refractivity contribution >= 4 is 5.91 Å². The molecule has 1 spiro atoms. The van der Waals surface area contributed by atoms with Crippen molar-refractivity contribution in [2.24, 2.45) is 5.41 Å². The first-order chi connectivity index (χ1) is 12.5. The number of carbonyl (C=O) groups is 1. The predicted octanol–water partition coefficient (Wildman–Crippen LogP) is 1.21. The lowest BCUT2D eigenvalue weighted by molar-refractivity contribution is -0.140. The fraction of sp³-hybridized carbons (Fsp3) is 0.737. The van der Waals surface area contributed by atoms with E-state index in [1.54, 1.807) is 14.0 Å². The molecule has 7 heteroatoms. The highest BCUT2D eigenvalue weighted by Gasteiger charge is 2.41. The highest BCUT2D eigenvalue weighted by atomic mass is 16.5. The molecule has 7 nitrogen and oxygen atoms in total. The van der Waals surface area contributed by atoms with Crippen LogP contribution in [0, 0.1) is 5.41 Å². The number of hydrogen-bond donors (Lipinski definition) is 1. The Bertz CT molecular complexity index is 597. The third-order valence-corrected chi connectivity index (χ3v) is 5.59. The zero-order valence-electron chi connectivity index (χ0n) is 15.9. The number of aromatic nitrogens is 2. The first-order valence-corrected chi connectivity index (χ1v) is 9.47. The number of aliphatic hydroxyl groups excluding tert-OH is 1. The molecule has 1 unspecified atom stereocenters. The van der Waals surface area contributed by atoms with Gasteiger partial charge in [-0.25, -0.2) is 9.97 Å². The molecule has 2 saturated heterocycles. The molecule has 0 aliphatic carbocycles. The Morgan fingerprint density at radius 3 is 2.58 bits per heavy atom. The monoisotopic (exact) mass is 362 g/mol. The van der Waals surface area contributed by atoms with Gasteiger partial charge < -0.3 is 14.7 Å². The molecule has 1 aromatic rings. The average molecular weight is 362 g/mol. The van der Waals surface area contributed by atoms with Crippen LogP contribution in [0.15, 0.2) is 12.4 Å². The minimum Gasteiger partial charge on any atom is -0.392 e. The third kappa shape index (κ3) is 4.78. The fourth-order valence-electron chi connectivity index (χ4n) is 4.11. The number of β-amino-alcohol motifs (C(OH)–C–C–N with tert-alkyl or cyclic N) is 1. The number of piperidine rings is 2. The number of ether oxygens (including phenoxy) is 1. The number of amides is 1. The minimum absolute atomic E-state index is 0.187. The third-order valence-electron chi connectivity index (χ3n) is 5.59. The van der Waals surface area contributed by atoms with E-state index in [4.69, 9.17) is 4.74 Å². The molecule has 2 aliphatic heterocycles. The molecule has 0 radical (unpaired) electrons. The first-order valence-electron chi connectivity index (χ1n) is 9.47. The summed E-state index contributed by atoms with van der Waals surface area (Å²) in [6, 6.07) is 0. The highest BCUT2D eigenvalue weighted by Crippen LogP contribution is 2.40. The minimum atomic E-state index is -0.463. The Hall–Kier alpha value is -1.57. The molecule has 2 fully saturated rings. The molecular weight excluding hydrogens is 332 g/mol. The molecule has 3 rings (SSSR count). The average Bonchev–Trinajstić information content (AvgIpc) is 2.62. The molecule has 0 bridgehead atoms. The van der Waals surface area contributed by atoms with Gasteiger partial charge in [-0.2, -0.15) is 0 Å². The molecule has 2 aliphatic rings. The molecule has 26 heavy (non-hydrogen) atoms. The van der Waals surface area contributed by atoms with Crippen molar-refractivity contribution in [3.05, 3.63) is 23.8 Å². The van der Waals surface area contributed by atoms with Gasteiger partial charge in [-0.3, -0.25) is 9.69 Å². The summed E-state index contributed by atoms with van der Waals surface area (Å²) in [7, 11) is 1.64. The number of hydrogen-bond acceptors (Lipinski definition) is 6. The van der Waals surface area contributed by atoms with Crippen LogP contribution < -0.4 is 0 Å². The predicted molar refractivity (Wildman–Crippen MR) is 97.2 cm³/mol. The summed E-state index contributed by atoms with van der Waals surface area (Å²) in [6.45, 7) is 6.34. The van der Waals surface area contributed by atoms with Gasteiger partial charge in [0.05, 0.1) is 6.10 Å². The van der Waals surface area contributed by atoms with E-state index in [2.05, 4.69) is 14.9 Å². The SMILES string of the molecule is COCc1ncc(CN2CCC3(CCC(=O)N(CC(C)O)C3)CC2)cn1. The van der Waals surface area contributed by atoms with Crippen molar-refractivity contribution in [3.8, 4) is 0 Å². The smallest absolute Gasteiger partial charge is 0.222 e. The largest absolute Gasteiger partial charge is 0.392 e. The summed E-state index contributed by atoms with van der Waals surface area (Å²) in [5.41, 5.74) is 1.34. The second kappa shape index (κ2) is 8.41. The Morgan fingerprint density at radius 1 is 1.27 bits per heavy atom. The number of methoxy groups -OCH3 is 1. The number of rotatable bonds is 6. The van der Waals surface area contributed by atoms with E-state index in [-0.39, 0.29) is 11.3 Å². The maximum absolute atomic E-state index is 12.1. The summed E-state index contributed by atoms with van der Waals surface area (Å²) in [4.78, 5) is 25.1. The van der Waals surface area contributed by atoms with Crippen LogP contribution in [0.25, 0.3) is 0 Å². The van der Waals surface area contributed by atoms with Crippen molar-refractivity contribution in [1.82, 2.24) is 19.8 Å². The Labute approximate surface area is 155 Å². The van der Waals surface area contributed by atoms with E-state index in [1.807, 2.05) is 17.3 Å². The molecule has 3 heterocycles. The van der Waals surface area contributed by atoms with E-state index in [1.165, 1.54) is 0 Å².